The number of aryl methyl sites for hydroxylation is 3. The van der Waals surface area contributed by atoms with Crippen LogP contribution in [0, 0.1) is 20.8 Å². The Morgan fingerprint density at radius 1 is 1.04 bits per heavy atom. The van der Waals surface area contributed by atoms with Crippen molar-refractivity contribution in [2.75, 3.05) is 32.1 Å². The summed E-state index contributed by atoms with van der Waals surface area (Å²) in [5.41, 5.74) is 9.08. The maximum atomic E-state index is 13.3. The van der Waals surface area contributed by atoms with Crippen molar-refractivity contribution in [3.8, 4) is 17.3 Å². The van der Waals surface area contributed by atoms with E-state index in [9.17, 15) is 4.79 Å². The summed E-state index contributed by atoms with van der Waals surface area (Å²) in [4.78, 5) is 35.0. The molecule has 15 heteroatoms. The minimum Gasteiger partial charge on any atom is -0.467 e. The SMILES string of the molecule is COc1nccc(N(C)c2ccc(C)c(-c3cn(Cc4cc(C5CCN(C(=O)CCc6c(C)nc7c8cccnc8nn7c6C)CC5)no4)nn3)c2)n1. The average Bonchev–Trinajstić information content (AvgIpc) is 3.94. The number of hydrogen-bond acceptors (Lipinski definition) is 12. The van der Waals surface area contributed by atoms with Crippen molar-refractivity contribution in [3.63, 3.8) is 0 Å². The van der Waals surface area contributed by atoms with Crippen LogP contribution in [-0.4, -0.2) is 87.8 Å². The zero-order valence-electron chi connectivity index (χ0n) is 30.4. The molecule has 0 N–H and O–H groups in total. The molecule has 1 fully saturated rings. The maximum Gasteiger partial charge on any atom is 0.318 e. The number of benzene rings is 1. The number of likely N-dealkylation sites (tertiary alicyclic amines) is 1. The Balaban J connectivity index is 0.868. The number of ether oxygens (including phenoxy) is 1. The van der Waals surface area contributed by atoms with Crippen LogP contribution in [0.5, 0.6) is 6.01 Å². The number of piperidine rings is 1. The number of hydrogen-bond donors (Lipinski definition) is 0. The third-order valence-electron chi connectivity index (χ3n) is 10.2. The lowest BCUT2D eigenvalue weighted by Crippen LogP contribution is -2.38. The highest BCUT2D eigenvalue weighted by atomic mass is 16.5. The molecular weight excluding hydrogens is 672 g/mol. The summed E-state index contributed by atoms with van der Waals surface area (Å²) in [6, 6.07) is 14.2. The van der Waals surface area contributed by atoms with Crippen LogP contribution in [0.1, 0.15) is 59.1 Å². The van der Waals surface area contributed by atoms with E-state index in [-0.39, 0.29) is 11.8 Å². The van der Waals surface area contributed by atoms with Crippen LogP contribution in [0.3, 0.4) is 0 Å². The van der Waals surface area contributed by atoms with Gasteiger partial charge >= 0.3 is 6.01 Å². The molecule has 0 radical (unpaired) electrons. The van der Waals surface area contributed by atoms with Gasteiger partial charge in [-0.2, -0.15) is 4.98 Å². The minimum absolute atomic E-state index is 0.152. The Bertz CT molecular complexity index is 2440. The number of methoxy groups -OCH3 is 1. The Kier molecular flexibility index (Phi) is 8.98. The van der Waals surface area contributed by atoms with Crippen LogP contribution in [0.25, 0.3) is 27.9 Å². The Hall–Kier alpha value is -6.25. The average molecular weight is 713 g/mol. The fraction of sp³-hybridized carbons (Fsp3) is 0.342. The Morgan fingerprint density at radius 3 is 2.72 bits per heavy atom. The summed E-state index contributed by atoms with van der Waals surface area (Å²) < 4.78 is 14.6. The van der Waals surface area contributed by atoms with Crippen molar-refractivity contribution < 1.29 is 14.1 Å². The van der Waals surface area contributed by atoms with E-state index < -0.39 is 0 Å². The number of aromatic nitrogens is 10. The molecule has 7 heterocycles. The van der Waals surface area contributed by atoms with Gasteiger partial charge in [-0.05, 0) is 81.5 Å². The summed E-state index contributed by atoms with van der Waals surface area (Å²) in [6.07, 6.45) is 8.01. The molecule has 270 valence electrons. The fourth-order valence-electron chi connectivity index (χ4n) is 7.14. The second-order valence-electron chi connectivity index (χ2n) is 13.5. The number of amides is 1. The van der Waals surface area contributed by atoms with Gasteiger partial charge in [0.15, 0.2) is 17.1 Å². The van der Waals surface area contributed by atoms with Gasteiger partial charge in [0.05, 0.1) is 24.4 Å². The maximum absolute atomic E-state index is 13.3. The number of nitrogens with zero attached hydrogens (tertiary/aromatic N) is 12. The topological polar surface area (TPSA) is 158 Å². The highest BCUT2D eigenvalue weighted by Gasteiger charge is 2.27. The standard InChI is InChI=1S/C38H40N12O3/c1-23-8-9-27(47(4)34-12-16-40-38(42-34)52-5)19-31(23)33-22-49(46-43-33)21-28-20-32(45-53-28)26-13-17-48(18-14-26)35(51)11-10-29-24(2)41-37-30-7-6-15-39-36(30)44-50(37)25(29)3/h6-9,12,15-16,19-20,22,26H,10-11,13-14,17-18,21H2,1-5H3. The summed E-state index contributed by atoms with van der Waals surface area (Å²) in [7, 11) is 3.49. The molecule has 1 amide bonds. The van der Waals surface area contributed by atoms with E-state index in [1.165, 1.54) is 0 Å². The molecule has 1 aromatic carbocycles. The van der Waals surface area contributed by atoms with Crippen molar-refractivity contribution in [2.24, 2.45) is 0 Å². The smallest absolute Gasteiger partial charge is 0.318 e. The van der Waals surface area contributed by atoms with Crippen LogP contribution >= 0.6 is 0 Å². The second-order valence-corrected chi connectivity index (χ2v) is 13.5. The number of carbonyl (C=O) groups excluding carboxylic acids is 1. The predicted molar refractivity (Wildman–Crippen MR) is 197 cm³/mol. The summed E-state index contributed by atoms with van der Waals surface area (Å²) in [5.74, 6) is 1.79. The molecule has 1 aliphatic heterocycles. The molecule has 53 heavy (non-hydrogen) atoms. The van der Waals surface area contributed by atoms with Gasteiger partial charge in [-0.3, -0.25) is 4.79 Å². The van der Waals surface area contributed by atoms with Gasteiger partial charge in [0.2, 0.25) is 5.91 Å². The third-order valence-corrected chi connectivity index (χ3v) is 10.2. The first-order valence-corrected chi connectivity index (χ1v) is 17.7. The molecule has 0 atom stereocenters. The Labute approximate surface area is 305 Å². The number of pyridine rings is 1. The van der Waals surface area contributed by atoms with Crippen molar-refractivity contribution in [2.45, 2.75) is 58.9 Å². The van der Waals surface area contributed by atoms with Crippen LogP contribution in [0.4, 0.5) is 11.5 Å². The highest BCUT2D eigenvalue weighted by Crippen LogP contribution is 2.31. The molecule has 7 aromatic rings. The fourth-order valence-corrected chi connectivity index (χ4v) is 7.14. The van der Waals surface area contributed by atoms with Gasteiger partial charge in [0.1, 0.15) is 18.1 Å². The van der Waals surface area contributed by atoms with Gasteiger partial charge in [-0.25, -0.2) is 24.1 Å². The van der Waals surface area contributed by atoms with Gasteiger partial charge in [-0.15, -0.1) is 10.2 Å². The highest BCUT2D eigenvalue weighted by molar-refractivity contribution is 5.89. The minimum atomic E-state index is 0.152. The molecule has 8 rings (SSSR count). The van der Waals surface area contributed by atoms with E-state index >= 15 is 0 Å². The van der Waals surface area contributed by atoms with Crippen molar-refractivity contribution in [1.82, 2.24) is 54.6 Å². The lowest BCUT2D eigenvalue weighted by atomic mass is 9.93. The van der Waals surface area contributed by atoms with E-state index in [2.05, 4.69) is 47.7 Å². The van der Waals surface area contributed by atoms with Gasteiger partial charge < -0.3 is 19.1 Å². The van der Waals surface area contributed by atoms with Crippen molar-refractivity contribution in [1.29, 1.82) is 0 Å². The number of carbonyl (C=O) groups is 1. The van der Waals surface area contributed by atoms with Crippen LogP contribution in [0.2, 0.25) is 0 Å². The Morgan fingerprint density at radius 2 is 1.89 bits per heavy atom. The molecule has 15 nitrogen and oxygen atoms in total. The van der Waals surface area contributed by atoms with Crippen LogP contribution < -0.4 is 9.64 Å². The van der Waals surface area contributed by atoms with Gasteiger partial charge in [-0.1, -0.05) is 16.4 Å². The number of anilines is 2. The predicted octanol–water partition coefficient (Wildman–Crippen LogP) is 5.40. The zero-order chi connectivity index (χ0) is 36.6. The molecule has 1 aliphatic rings. The summed E-state index contributed by atoms with van der Waals surface area (Å²) in [5, 5.41) is 18.8. The first-order valence-electron chi connectivity index (χ1n) is 17.7. The monoisotopic (exact) mass is 712 g/mol. The first-order chi connectivity index (χ1) is 25.7. The third kappa shape index (κ3) is 6.65. The lowest BCUT2D eigenvalue weighted by molar-refractivity contribution is -0.132. The normalized spacial score (nSPS) is 13.6. The molecule has 0 unspecified atom stereocenters. The molecule has 0 saturated carbocycles. The van der Waals surface area contributed by atoms with E-state index in [1.807, 2.05) is 78.7 Å². The first kappa shape index (κ1) is 33.9. The number of fused-ring (bicyclic) bond motifs is 3. The molecule has 0 aliphatic carbocycles. The summed E-state index contributed by atoms with van der Waals surface area (Å²) >= 11 is 0. The van der Waals surface area contributed by atoms with E-state index in [0.29, 0.717) is 55.7 Å². The van der Waals surface area contributed by atoms with Crippen molar-refractivity contribution >= 4 is 34.1 Å². The van der Waals surface area contributed by atoms with E-state index in [4.69, 9.17) is 14.2 Å². The van der Waals surface area contributed by atoms with Gasteiger partial charge in [0.25, 0.3) is 0 Å². The second kappa shape index (κ2) is 14.1. The van der Waals surface area contributed by atoms with Crippen LogP contribution in [-0.2, 0) is 17.8 Å². The molecule has 0 bridgehead atoms. The largest absolute Gasteiger partial charge is 0.467 e. The zero-order valence-corrected chi connectivity index (χ0v) is 30.4. The van der Waals surface area contributed by atoms with E-state index in [1.54, 1.807) is 24.2 Å². The van der Waals surface area contributed by atoms with Gasteiger partial charge in [0, 0.05) is 73.6 Å². The molecule has 0 spiro atoms. The molecular formula is C38H40N12O3. The molecule has 1 saturated heterocycles. The van der Waals surface area contributed by atoms with E-state index in [0.717, 1.165) is 69.0 Å². The quantitative estimate of drug-likeness (QED) is 0.178. The molecule has 6 aromatic heterocycles. The number of rotatable bonds is 10. The van der Waals surface area contributed by atoms with Crippen molar-refractivity contribution in [3.05, 3.63) is 95.0 Å². The summed E-state index contributed by atoms with van der Waals surface area (Å²) in [6.45, 7) is 7.86. The lowest BCUT2D eigenvalue weighted by Gasteiger charge is -2.31. The van der Waals surface area contributed by atoms with Crippen LogP contribution in [0.15, 0.2) is 65.6 Å².